The lowest BCUT2D eigenvalue weighted by Gasteiger charge is -2.14. The van der Waals surface area contributed by atoms with Crippen molar-refractivity contribution in [3.63, 3.8) is 0 Å². The third kappa shape index (κ3) is 3.43. The van der Waals surface area contributed by atoms with Crippen molar-refractivity contribution >= 4 is 0 Å². The van der Waals surface area contributed by atoms with Crippen LogP contribution in [-0.4, -0.2) is 44.1 Å². The quantitative estimate of drug-likeness (QED) is 0.760. The molecule has 2 rings (SSSR count). The summed E-state index contributed by atoms with van der Waals surface area (Å²) in [7, 11) is 1.58. The molecule has 1 aliphatic heterocycles. The molecule has 4 heteroatoms. The topological polar surface area (TPSA) is 50.7 Å². The van der Waals surface area contributed by atoms with Crippen LogP contribution in [0.25, 0.3) is 0 Å². The van der Waals surface area contributed by atoms with E-state index in [1.165, 1.54) is 5.56 Å². The molecule has 1 aliphatic rings. The molecular formula is C13H19NO3. The second kappa shape index (κ2) is 6.00. The van der Waals surface area contributed by atoms with E-state index in [-0.39, 0.29) is 6.10 Å². The lowest BCUT2D eigenvalue weighted by atomic mass is 10.1. The summed E-state index contributed by atoms with van der Waals surface area (Å²) in [6, 6.07) is 8.10. The van der Waals surface area contributed by atoms with Gasteiger partial charge in [-0.2, -0.15) is 0 Å². The van der Waals surface area contributed by atoms with Gasteiger partial charge in [-0.05, 0) is 11.6 Å². The molecule has 1 aromatic carbocycles. The highest BCUT2D eigenvalue weighted by atomic mass is 16.5. The van der Waals surface area contributed by atoms with Gasteiger partial charge in [0.2, 0.25) is 0 Å². The van der Waals surface area contributed by atoms with Gasteiger partial charge >= 0.3 is 0 Å². The van der Waals surface area contributed by atoms with Crippen LogP contribution >= 0.6 is 0 Å². The van der Waals surface area contributed by atoms with Crippen LogP contribution in [0.3, 0.4) is 0 Å². The summed E-state index contributed by atoms with van der Waals surface area (Å²) in [6.45, 7) is 1.64. The van der Waals surface area contributed by atoms with Crippen LogP contribution in [0.1, 0.15) is 5.56 Å². The number of methoxy groups -OCH3 is 1. The molecule has 17 heavy (non-hydrogen) atoms. The fourth-order valence-electron chi connectivity index (χ4n) is 2.03. The minimum absolute atomic E-state index is 0.169. The summed E-state index contributed by atoms with van der Waals surface area (Å²) in [6.07, 6.45) is 0.648. The van der Waals surface area contributed by atoms with Crippen LogP contribution < -0.4 is 10.1 Å². The van der Waals surface area contributed by atoms with Crippen LogP contribution in [-0.2, 0) is 11.2 Å². The summed E-state index contributed by atoms with van der Waals surface area (Å²) < 4.78 is 10.6. The molecule has 2 unspecified atom stereocenters. The van der Waals surface area contributed by atoms with Crippen LogP contribution in [0.5, 0.6) is 5.75 Å². The number of hydrogen-bond donors (Lipinski definition) is 2. The smallest absolute Gasteiger partial charge is 0.123 e. The highest BCUT2D eigenvalue weighted by molar-refractivity contribution is 5.37. The maximum atomic E-state index is 9.47. The maximum absolute atomic E-state index is 9.47. The molecule has 0 fully saturated rings. The van der Waals surface area contributed by atoms with Gasteiger partial charge in [0.15, 0.2) is 0 Å². The first-order valence-electron chi connectivity index (χ1n) is 5.92. The third-order valence-electron chi connectivity index (χ3n) is 2.82. The van der Waals surface area contributed by atoms with E-state index < -0.39 is 6.10 Å². The molecule has 0 bridgehead atoms. The number of para-hydroxylation sites is 1. The number of ether oxygens (including phenoxy) is 2. The Kier molecular flexibility index (Phi) is 4.36. The van der Waals surface area contributed by atoms with E-state index in [9.17, 15) is 5.11 Å². The van der Waals surface area contributed by atoms with E-state index in [0.717, 1.165) is 18.7 Å². The zero-order valence-electron chi connectivity index (χ0n) is 10.1. The van der Waals surface area contributed by atoms with Crippen molar-refractivity contribution in [1.29, 1.82) is 0 Å². The van der Waals surface area contributed by atoms with Gasteiger partial charge in [0.25, 0.3) is 0 Å². The number of nitrogens with one attached hydrogen (secondary N) is 1. The van der Waals surface area contributed by atoms with E-state index in [1.807, 2.05) is 18.2 Å². The zero-order valence-corrected chi connectivity index (χ0v) is 10.1. The molecule has 0 saturated carbocycles. The molecule has 94 valence electrons. The van der Waals surface area contributed by atoms with Crippen molar-refractivity contribution in [3.05, 3.63) is 29.8 Å². The molecule has 0 spiro atoms. The predicted octanol–water partition coefficient (Wildman–Crippen LogP) is 0.587. The predicted molar refractivity (Wildman–Crippen MR) is 65.3 cm³/mol. The van der Waals surface area contributed by atoms with Crippen molar-refractivity contribution in [2.75, 3.05) is 26.8 Å². The van der Waals surface area contributed by atoms with Gasteiger partial charge in [0, 0.05) is 26.6 Å². The highest BCUT2D eigenvalue weighted by Crippen LogP contribution is 2.27. The molecule has 1 aromatic rings. The Morgan fingerprint density at radius 3 is 3.12 bits per heavy atom. The number of aliphatic hydroxyl groups excluding tert-OH is 1. The Hall–Kier alpha value is -1.10. The van der Waals surface area contributed by atoms with Gasteiger partial charge in [-0.1, -0.05) is 18.2 Å². The van der Waals surface area contributed by atoms with Gasteiger partial charge < -0.3 is 19.9 Å². The standard InChI is InChI=1S/C13H19NO3/c1-16-9-11(15)7-14-8-12-6-10-4-2-3-5-13(10)17-12/h2-5,11-12,14-15H,6-9H2,1H3. The van der Waals surface area contributed by atoms with E-state index in [0.29, 0.717) is 13.2 Å². The number of fused-ring (bicyclic) bond motifs is 1. The molecule has 0 radical (unpaired) electrons. The molecule has 0 saturated heterocycles. The molecule has 0 aromatic heterocycles. The minimum atomic E-state index is -0.455. The highest BCUT2D eigenvalue weighted by Gasteiger charge is 2.21. The number of benzene rings is 1. The summed E-state index contributed by atoms with van der Waals surface area (Å²) in [5, 5.41) is 12.7. The van der Waals surface area contributed by atoms with Gasteiger partial charge in [0.1, 0.15) is 11.9 Å². The fraction of sp³-hybridized carbons (Fsp3) is 0.538. The van der Waals surface area contributed by atoms with Crippen molar-refractivity contribution in [3.8, 4) is 5.75 Å². The van der Waals surface area contributed by atoms with Gasteiger partial charge in [-0.25, -0.2) is 0 Å². The lowest BCUT2D eigenvalue weighted by molar-refractivity contribution is 0.0629. The number of rotatable bonds is 6. The SMILES string of the molecule is COCC(O)CNCC1Cc2ccccc2O1. The molecule has 2 N–H and O–H groups in total. The van der Waals surface area contributed by atoms with Crippen molar-refractivity contribution in [1.82, 2.24) is 5.32 Å². The van der Waals surface area contributed by atoms with Crippen molar-refractivity contribution < 1.29 is 14.6 Å². The first-order valence-corrected chi connectivity index (χ1v) is 5.92. The normalized spacial score (nSPS) is 19.8. The van der Waals surface area contributed by atoms with Gasteiger partial charge in [0.05, 0.1) is 12.7 Å². The summed E-state index contributed by atoms with van der Waals surface area (Å²) >= 11 is 0. The van der Waals surface area contributed by atoms with Gasteiger partial charge in [-0.15, -0.1) is 0 Å². The van der Waals surface area contributed by atoms with Crippen LogP contribution in [0, 0.1) is 0 Å². The summed E-state index contributed by atoms with van der Waals surface area (Å²) in [5.74, 6) is 0.983. The molecule has 0 amide bonds. The largest absolute Gasteiger partial charge is 0.488 e. The number of hydrogen-bond acceptors (Lipinski definition) is 4. The van der Waals surface area contributed by atoms with E-state index in [1.54, 1.807) is 7.11 Å². The Labute approximate surface area is 102 Å². The summed E-state index contributed by atoms with van der Waals surface area (Å²) in [5.41, 5.74) is 1.26. The molecule has 2 atom stereocenters. The third-order valence-corrected chi connectivity index (χ3v) is 2.82. The first kappa shape index (κ1) is 12.4. The Morgan fingerprint density at radius 1 is 1.53 bits per heavy atom. The second-order valence-corrected chi connectivity index (χ2v) is 4.32. The molecule has 0 aliphatic carbocycles. The van der Waals surface area contributed by atoms with Crippen molar-refractivity contribution in [2.45, 2.75) is 18.6 Å². The molecule has 1 heterocycles. The average Bonchev–Trinajstić information content (AvgIpc) is 2.71. The molecule has 4 nitrogen and oxygen atoms in total. The Bertz CT molecular complexity index is 331. The van der Waals surface area contributed by atoms with E-state index >= 15 is 0 Å². The van der Waals surface area contributed by atoms with Crippen molar-refractivity contribution in [2.24, 2.45) is 0 Å². The van der Waals surface area contributed by atoms with E-state index in [4.69, 9.17) is 9.47 Å². The Morgan fingerprint density at radius 2 is 2.35 bits per heavy atom. The van der Waals surface area contributed by atoms with E-state index in [2.05, 4.69) is 11.4 Å². The second-order valence-electron chi connectivity index (χ2n) is 4.32. The van der Waals surface area contributed by atoms with Crippen LogP contribution in [0.15, 0.2) is 24.3 Å². The Balaban J connectivity index is 1.70. The minimum Gasteiger partial charge on any atom is -0.488 e. The summed E-state index contributed by atoms with van der Waals surface area (Å²) in [4.78, 5) is 0. The maximum Gasteiger partial charge on any atom is 0.123 e. The first-order chi connectivity index (χ1) is 8.29. The molecular weight excluding hydrogens is 218 g/mol. The lowest BCUT2D eigenvalue weighted by Crippen LogP contribution is -2.36. The number of aliphatic hydroxyl groups is 1. The van der Waals surface area contributed by atoms with Crippen LogP contribution in [0.2, 0.25) is 0 Å². The van der Waals surface area contributed by atoms with Crippen LogP contribution in [0.4, 0.5) is 0 Å². The average molecular weight is 237 g/mol. The monoisotopic (exact) mass is 237 g/mol. The zero-order chi connectivity index (χ0) is 12.1. The fourth-order valence-corrected chi connectivity index (χ4v) is 2.03. The van der Waals surface area contributed by atoms with Gasteiger partial charge in [-0.3, -0.25) is 0 Å².